The summed E-state index contributed by atoms with van der Waals surface area (Å²) < 4.78 is 25.2. The number of rotatable bonds is 3. The van der Waals surface area contributed by atoms with Crippen molar-refractivity contribution in [1.29, 1.82) is 0 Å². The maximum Gasteiger partial charge on any atom is 0.325 e. The summed E-state index contributed by atoms with van der Waals surface area (Å²) in [6.07, 6.45) is 0.582. The molecule has 1 saturated heterocycles. The molecule has 130 valence electrons. The maximum absolute atomic E-state index is 13.3. The van der Waals surface area contributed by atoms with E-state index in [4.69, 9.17) is 9.47 Å². The van der Waals surface area contributed by atoms with E-state index in [9.17, 15) is 9.18 Å². The molecule has 1 N–H and O–H groups in total. The molecule has 0 radical (unpaired) electrons. The van der Waals surface area contributed by atoms with Crippen molar-refractivity contribution in [3.05, 3.63) is 53.8 Å². The maximum atomic E-state index is 13.3. The normalized spacial score (nSPS) is 24.2. The Morgan fingerprint density at radius 2 is 2.08 bits per heavy atom. The second-order valence-corrected chi connectivity index (χ2v) is 6.40. The van der Waals surface area contributed by atoms with Crippen LogP contribution in [0.2, 0.25) is 0 Å². The first-order chi connectivity index (χ1) is 12.0. The fourth-order valence-corrected chi connectivity index (χ4v) is 3.61. The third kappa shape index (κ3) is 2.49. The number of carbonyl (C=O) groups is 1. The quantitative estimate of drug-likeness (QED) is 0.917. The third-order valence-corrected chi connectivity index (χ3v) is 4.65. The Hall–Kier alpha value is -2.76. The molecule has 25 heavy (non-hydrogen) atoms. The zero-order valence-corrected chi connectivity index (χ0v) is 14.1. The number of amides is 2. The van der Waals surface area contributed by atoms with Gasteiger partial charge in [-0.05, 0) is 44.2 Å². The van der Waals surface area contributed by atoms with Gasteiger partial charge in [-0.3, -0.25) is 4.90 Å². The van der Waals surface area contributed by atoms with Crippen molar-refractivity contribution in [2.45, 2.75) is 32.0 Å². The highest BCUT2D eigenvalue weighted by Gasteiger charge is 2.50. The van der Waals surface area contributed by atoms with Gasteiger partial charge in [0.25, 0.3) is 0 Å². The summed E-state index contributed by atoms with van der Waals surface area (Å²) in [6, 6.07) is 11.1. The summed E-state index contributed by atoms with van der Waals surface area (Å²) in [5.41, 5.74) is 0.609. The van der Waals surface area contributed by atoms with E-state index in [1.54, 1.807) is 12.1 Å². The fraction of sp³-hybridized carbons (Fsp3) is 0.316. The van der Waals surface area contributed by atoms with Crippen LogP contribution >= 0.6 is 0 Å². The third-order valence-electron chi connectivity index (χ3n) is 4.65. The van der Waals surface area contributed by atoms with Crippen molar-refractivity contribution in [2.24, 2.45) is 0 Å². The molecule has 2 aliphatic heterocycles. The predicted octanol–water partition coefficient (Wildman–Crippen LogP) is 3.99. The van der Waals surface area contributed by atoms with Gasteiger partial charge < -0.3 is 14.8 Å². The minimum absolute atomic E-state index is 0.154. The molecule has 6 heteroatoms. The van der Waals surface area contributed by atoms with Crippen molar-refractivity contribution in [3.63, 3.8) is 0 Å². The summed E-state index contributed by atoms with van der Waals surface area (Å²) in [4.78, 5) is 14.3. The Morgan fingerprint density at radius 1 is 1.32 bits per heavy atom. The summed E-state index contributed by atoms with van der Waals surface area (Å²) >= 11 is 0. The lowest BCUT2D eigenvalue weighted by Crippen LogP contribution is -2.65. The molecule has 0 aliphatic carbocycles. The van der Waals surface area contributed by atoms with Gasteiger partial charge in [-0.1, -0.05) is 12.1 Å². The minimum atomic E-state index is -0.884. The molecule has 0 saturated carbocycles. The number of nitrogens with one attached hydrogen (secondary N) is 1. The average Bonchev–Trinajstić information content (AvgIpc) is 2.57. The van der Waals surface area contributed by atoms with Crippen LogP contribution in [0, 0.1) is 5.82 Å². The lowest BCUT2D eigenvalue weighted by Gasteiger charge is -2.50. The summed E-state index contributed by atoms with van der Waals surface area (Å²) in [5.74, 6) is 0.957. The molecule has 2 aliphatic rings. The van der Waals surface area contributed by atoms with E-state index in [-0.39, 0.29) is 17.9 Å². The molecule has 4 rings (SSSR count). The van der Waals surface area contributed by atoms with Crippen LogP contribution in [0.25, 0.3) is 0 Å². The number of ether oxygens (including phenoxy) is 2. The molecule has 1 unspecified atom stereocenters. The number of halogens is 1. The molecule has 5 nitrogen and oxygen atoms in total. The molecule has 1 fully saturated rings. The van der Waals surface area contributed by atoms with Gasteiger partial charge in [0.15, 0.2) is 17.2 Å². The second kappa shape index (κ2) is 5.65. The van der Waals surface area contributed by atoms with E-state index in [2.05, 4.69) is 5.32 Å². The van der Waals surface area contributed by atoms with E-state index in [0.717, 1.165) is 5.56 Å². The first-order valence-corrected chi connectivity index (χ1v) is 8.33. The van der Waals surface area contributed by atoms with Gasteiger partial charge >= 0.3 is 6.03 Å². The molecule has 0 aromatic heterocycles. The van der Waals surface area contributed by atoms with Crippen LogP contribution in [0.1, 0.15) is 31.9 Å². The Balaban J connectivity index is 1.79. The summed E-state index contributed by atoms with van der Waals surface area (Å²) in [5, 5.41) is 3.02. The topological polar surface area (TPSA) is 50.8 Å². The number of para-hydroxylation sites is 1. The molecule has 2 amide bonds. The highest BCUT2D eigenvalue weighted by Crippen LogP contribution is 2.49. The average molecular weight is 342 g/mol. The molecule has 2 bridgehead atoms. The first kappa shape index (κ1) is 15.7. The standard InChI is InChI=1S/C19H19FN2O3/c1-3-24-16-6-4-5-14-15-11-19(2,25-17(14)16)22(18(23)21-15)13-9-7-12(20)8-10-13/h4-10,15H,3,11H2,1-2H3,(H,21,23)/t15?,19-/m1/s1. The molecular weight excluding hydrogens is 323 g/mol. The van der Waals surface area contributed by atoms with Gasteiger partial charge in [-0.2, -0.15) is 0 Å². The highest BCUT2D eigenvalue weighted by molar-refractivity contribution is 5.95. The van der Waals surface area contributed by atoms with E-state index in [0.29, 0.717) is 30.2 Å². The first-order valence-electron chi connectivity index (χ1n) is 8.33. The molecule has 2 aromatic carbocycles. The fourth-order valence-electron chi connectivity index (χ4n) is 3.61. The van der Waals surface area contributed by atoms with Gasteiger partial charge in [0.05, 0.1) is 12.6 Å². The zero-order chi connectivity index (χ0) is 17.6. The number of hydrogen-bond donors (Lipinski definition) is 1. The number of benzene rings is 2. The number of anilines is 1. The lowest BCUT2D eigenvalue weighted by atomic mass is 9.90. The number of carbonyl (C=O) groups excluding carboxylic acids is 1. The molecule has 2 atom stereocenters. The molecular formula is C19H19FN2O3. The van der Waals surface area contributed by atoms with Crippen LogP contribution < -0.4 is 19.7 Å². The number of fused-ring (bicyclic) bond motifs is 4. The van der Waals surface area contributed by atoms with Gasteiger partial charge in [0.1, 0.15) is 5.82 Å². The number of hydrogen-bond acceptors (Lipinski definition) is 3. The van der Waals surface area contributed by atoms with Gasteiger partial charge in [0, 0.05) is 17.7 Å². The van der Waals surface area contributed by atoms with Gasteiger partial charge in [0.2, 0.25) is 0 Å². The minimum Gasteiger partial charge on any atom is -0.490 e. The lowest BCUT2D eigenvalue weighted by molar-refractivity contribution is 0.0343. The van der Waals surface area contributed by atoms with Crippen molar-refractivity contribution in [3.8, 4) is 11.5 Å². The monoisotopic (exact) mass is 342 g/mol. The van der Waals surface area contributed by atoms with Gasteiger partial charge in [-0.25, -0.2) is 9.18 Å². The SMILES string of the molecule is CCOc1cccc2c1O[C@]1(C)CC2NC(=O)N1c1ccc(F)cc1. The Kier molecular flexibility index (Phi) is 3.56. The molecule has 2 heterocycles. The smallest absolute Gasteiger partial charge is 0.325 e. The van der Waals surface area contributed by atoms with Crippen molar-refractivity contribution in [2.75, 3.05) is 11.5 Å². The van der Waals surface area contributed by atoms with Gasteiger partial charge in [-0.15, -0.1) is 0 Å². The van der Waals surface area contributed by atoms with E-state index < -0.39 is 5.72 Å². The van der Waals surface area contributed by atoms with Crippen LogP contribution in [-0.2, 0) is 0 Å². The largest absolute Gasteiger partial charge is 0.490 e. The van der Waals surface area contributed by atoms with Crippen LogP contribution in [-0.4, -0.2) is 18.4 Å². The van der Waals surface area contributed by atoms with E-state index in [1.807, 2.05) is 32.0 Å². The predicted molar refractivity (Wildman–Crippen MR) is 91.4 cm³/mol. The van der Waals surface area contributed by atoms with Crippen LogP contribution in [0.5, 0.6) is 11.5 Å². The number of nitrogens with zero attached hydrogens (tertiary/aromatic N) is 1. The zero-order valence-electron chi connectivity index (χ0n) is 14.1. The second-order valence-electron chi connectivity index (χ2n) is 6.40. The van der Waals surface area contributed by atoms with Crippen molar-refractivity contribution in [1.82, 2.24) is 5.32 Å². The Bertz CT molecular complexity index is 824. The summed E-state index contributed by atoms with van der Waals surface area (Å²) in [7, 11) is 0. The number of urea groups is 1. The van der Waals surface area contributed by atoms with Crippen LogP contribution in [0.15, 0.2) is 42.5 Å². The van der Waals surface area contributed by atoms with E-state index in [1.165, 1.54) is 17.0 Å². The summed E-state index contributed by atoms with van der Waals surface area (Å²) in [6.45, 7) is 4.31. The molecule has 0 spiro atoms. The van der Waals surface area contributed by atoms with Crippen LogP contribution in [0.4, 0.5) is 14.9 Å². The van der Waals surface area contributed by atoms with Crippen molar-refractivity contribution >= 4 is 11.7 Å². The van der Waals surface area contributed by atoms with E-state index >= 15 is 0 Å². The van der Waals surface area contributed by atoms with Crippen molar-refractivity contribution < 1.29 is 18.7 Å². The highest BCUT2D eigenvalue weighted by atomic mass is 19.1. The molecule has 2 aromatic rings. The Morgan fingerprint density at radius 3 is 2.80 bits per heavy atom. The van der Waals surface area contributed by atoms with Crippen LogP contribution in [0.3, 0.4) is 0 Å². The Labute approximate surface area is 145 Å².